The van der Waals surface area contributed by atoms with Crippen LogP contribution in [0.5, 0.6) is 0 Å². The monoisotopic (exact) mass is 320 g/mol. The number of sulfone groups is 1. The van der Waals surface area contributed by atoms with Crippen molar-refractivity contribution in [2.45, 2.75) is 61.5 Å². The maximum atomic E-state index is 13.4. The number of azo groups is 2. The molecule has 6 nitrogen and oxygen atoms in total. The van der Waals surface area contributed by atoms with E-state index in [0.29, 0.717) is 0 Å². The third kappa shape index (κ3) is 1.68. The van der Waals surface area contributed by atoms with Crippen molar-refractivity contribution in [3.8, 4) is 0 Å². The van der Waals surface area contributed by atoms with E-state index in [9.17, 15) is 8.42 Å². The van der Waals surface area contributed by atoms with Gasteiger partial charge in [0.1, 0.15) is 17.1 Å². The second-order valence-electron chi connectivity index (χ2n) is 7.04. The minimum Gasteiger partial charge on any atom is -0.221 e. The van der Waals surface area contributed by atoms with Crippen LogP contribution >= 0.6 is 0 Å². The first-order valence-corrected chi connectivity index (χ1v) is 8.70. The molecule has 0 saturated carbocycles. The molecule has 2 aliphatic heterocycles. The molecule has 1 aromatic rings. The van der Waals surface area contributed by atoms with Gasteiger partial charge in [-0.1, -0.05) is 17.7 Å². The fraction of sp³-hybridized carbons (Fsp3) is 0.600. The van der Waals surface area contributed by atoms with E-state index in [1.165, 1.54) is 0 Å². The Kier molecular flexibility index (Phi) is 2.93. The topological polar surface area (TPSA) is 83.6 Å². The van der Waals surface area contributed by atoms with Crippen LogP contribution in [0, 0.1) is 6.92 Å². The predicted molar refractivity (Wildman–Crippen MR) is 82.8 cm³/mol. The highest BCUT2D eigenvalue weighted by atomic mass is 32.2. The van der Waals surface area contributed by atoms with Gasteiger partial charge in [-0.2, -0.15) is 20.5 Å². The standard InChI is InChI=1S/C15H20N4O2S/c1-10-6-8-11(9-7-10)22(20,21)15-12(13(2,3)17-19-15)16-18-14(15,4)5/h6-9,12H,1-5H3/t12-,15+/m1/s1. The summed E-state index contributed by atoms with van der Waals surface area (Å²) in [5, 5.41) is 16.9. The number of hydrogen-bond acceptors (Lipinski definition) is 6. The van der Waals surface area contributed by atoms with E-state index in [4.69, 9.17) is 0 Å². The van der Waals surface area contributed by atoms with Crippen LogP contribution in [0.2, 0.25) is 0 Å². The van der Waals surface area contributed by atoms with E-state index in [0.717, 1.165) is 5.56 Å². The quantitative estimate of drug-likeness (QED) is 0.837. The van der Waals surface area contributed by atoms with E-state index in [1.54, 1.807) is 38.1 Å². The molecule has 22 heavy (non-hydrogen) atoms. The summed E-state index contributed by atoms with van der Waals surface area (Å²) in [5.41, 5.74) is -0.644. The molecule has 0 spiro atoms. The molecule has 0 radical (unpaired) electrons. The van der Waals surface area contributed by atoms with Gasteiger partial charge in [0.2, 0.25) is 14.7 Å². The summed E-state index contributed by atoms with van der Waals surface area (Å²) in [6, 6.07) is 6.19. The minimum atomic E-state index is -3.78. The van der Waals surface area contributed by atoms with Gasteiger partial charge in [0, 0.05) is 0 Å². The molecular weight excluding hydrogens is 300 g/mol. The van der Waals surface area contributed by atoms with Gasteiger partial charge >= 0.3 is 0 Å². The molecule has 1 aromatic carbocycles. The van der Waals surface area contributed by atoms with Crippen molar-refractivity contribution in [3.05, 3.63) is 29.8 Å². The van der Waals surface area contributed by atoms with E-state index >= 15 is 0 Å². The summed E-state index contributed by atoms with van der Waals surface area (Å²) < 4.78 is 26.8. The van der Waals surface area contributed by atoms with Crippen molar-refractivity contribution >= 4 is 9.84 Å². The number of aryl methyl sites for hydroxylation is 1. The molecule has 3 rings (SSSR count). The molecule has 0 N–H and O–H groups in total. The maximum absolute atomic E-state index is 13.4. The van der Waals surface area contributed by atoms with Crippen LogP contribution in [0.1, 0.15) is 33.3 Å². The van der Waals surface area contributed by atoms with E-state index in [1.807, 2.05) is 20.8 Å². The first-order chi connectivity index (χ1) is 10.0. The summed E-state index contributed by atoms with van der Waals surface area (Å²) in [4.78, 5) is -1.24. The Balaban J connectivity index is 2.24. The molecule has 118 valence electrons. The number of benzene rings is 1. The number of hydrogen-bond donors (Lipinski definition) is 0. The normalized spacial score (nSPS) is 31.4. The SMILES string of the molecule is Cc1ccc(S(=O)(=O)[C@@]23N=NC(C)(C)[C@H]2N=NC3(C)C)cc1. The van der Waals surface area contributed by atoms with Gasteiger partial charge in [0.05, 0.1) is 4.90 Å². The highest BCUT2D eigenvalue weighted by Gasteiger charge is 2.72. The third-order valence-electron chi connectivity index (χ3n) is 4.54. The van der Waals surface area contributed by atoms with Gasteiger partial charge in [0.15, 0.2) is 0 Å². The van der Waals surface area contributed by atoms with Crippen LogP contribution in [-0.4, -0.2) is 30.4 Å². The minimum absolute atomic E-state index is 0.236. The Bertz CT molecular complexity index is 778. The van der Waals surface area contributed by atoms with Crippen LogP contribution in [-0.2, 0) is 9.84 Å². The van der Waals surface area contributed by atoms with Crippen molar-refractivity contribution in [2.24, 2.45) is 20.5 Å². The molecule has 0 fully saturated rings. The maximum Gasteiger partial charge on any atom is 0.238 e. The lowest BCUT2D eigenvalue weighted by Gasteiger charge is -2.35. The lowest BCUT2D eigenvalue weighted by molar-refractivity contribution is 0.341. The highest BCUT2D eigenvalue weighted by Crippen LogP contribution is 2.54. The molecule has 2 aliphatic rings. The largest absolute Gasteiger partial charge is 0.238 e. The second-order valence-corrected chi connectivity index (χ2v) is 9.14. The average molecular weight is 320 g/mol. The van der Waals surface area contributed by atoms with Gasteiger partial charge in [-0.3, -0.25) is 0 Å². The summed E-state index contributed by atoms with van der Waals surface area (Å²) in [6.07, 6.45) is 0. The first-order valence-electron chi connectivity index (χ1n) is 7.22. The predicted octanol–water partition coefficient (Wildman–Crippen LogP) is 3.32. The van der Waals surface area contributed by atoms with Crippen LogP contribution in [0.4, 0.5) is 0 Å². The van der Waals surface area contributed by atoms with Crippen molar-refractivity contribution in [1.29, 1.82) is 0 Å². The molecule has 7 heteroatoms. The Morgan fingerprint density at radius 3 is 2.14 bits per heavy atom. The average Bonchev–Trinajstić information content (AvgIpc) is 2.86. The van der Waals surface area contributed by atoms with Gasteiger partial charge in [-0.25, -0.2) is 8.42 Å². The first kappa shape index (κ1) is 15.3. The molecule has 0 saturated heterocycles. The Morgan fingerprint density at radius 2 is 1.55 bits per heavy atom. The fourth-order valence-corrected chi connectivity index (χ4v) is 5.50. The van der Waals surface area contributed by atoms with Crippen LogP contribution < -0.4 is 0 Å². The molecule has 0 bridgehead atoms. The van der Waals surface area contributed by atoms with E-state index < -0.39 is 31.8 Å². The van der Waals surface area contributed by atoms with Crippen LogP contribution in [0.15, 0.2) is 49.6 Å². The molecule has 0 aromatic heterocycles. The molecule has 2 heterocycles. The molecule has 0 unspecified atom stereocenters. The summed E-state index contributed by atoms with van der Waals surface area (Å²) in [6.45, 7) is 9.10. The Labute approximate surface area is 130 Å². The van der Waals surface area contributed by atoms with Crippen LogP contribution in [0.3, 0.4) is 0 Å². The van der Waals surface area contributed by atoms with Gasteiger partial charge in [-0.05, 0) is 46.8 Å². The lowest BCUT2D eigenvalue weighted by atomic mass is 9.83. The molecule has 0 aliphatic carbocycles. The van der Waals surface area contributed by atoms with Gasteiger partial charge < -0.3 is 0 Å². The number of fused-ring (bicyclic) bond motifs is 1. The zero-order chi connectivity index (χ0) is 16.4. The second kappa shape index (κ2) is 4.22. The zero-order valence-corrected chi connectivity index (χ0v) is 14.2. The molecule has 0 amide bonds. The summed E-state index contributed by atoms with van der Waals surface area (Å²) >= 11 is 0. The van der Waals surface area contributed by atoms with Gasteiger partial charge in [0.25, 0.3) is 0 Å². The van der Waals surface area contributed by atoms with E-state index in [2.05, 4.69) is 20.5 Å². The molecule has 2 atom stereocenters. The zero-order valence-electron chi connectivity index (χ0n) is 13.4. The lowest BCUT2D eigenvalue weighted by Crippen LogP contribution is -2.58. The third-order valence-corrected chi connectivity index (χ3v) is 7.05. The number of rotatable bonds is 2. The smallest absolute Gasteiger partial charge is 0.221 e. The molecular formula is C15H20N4O2S. The Morgan fingerprint density at radius 1 is 0.955 bits per heavy atom. The highest BCUT2D eigenvalue weighted by molar-refractivity contribution is 7.93. The van der Waals surface area contributed by atoms with Crippen molar-refractivity contribution < 1.29 is 8.42 Å². The van der Waals surface area contributed by atoms with Crippen LogP contribution in [0.25, 0.3) is 0 Å². The summed E-state index contributed by atoms with van der Waals surface area (Å²) in [7, 11) is -3.78. The van der Waals surface area contributed by atoms with Gasteiger partial charge in [-0.15, -0.1) is 0 Å². The fourth-order valence-electron chi connectivity index (χ4n) is 3.17. The van der Waals surface area contributed by atoms with Crippen molar-refractivity contribution in [1.82, 2.24) is 0 Å². The Hall–Kier alpha value is -1.63. The van der Waals surface area contributed by atoms with Crippen molar-refractivity contribution in [2.75, 3.05) is 0 Å². The number of nitrogens with zero attached hydrogens (tertiary/aromatic N) is 4. The van der Waals surface area contributed by atoms with E-state index in [-0.39, 0.29) is 4.90 Å². The summed E-state index contributed by atoms with van der Waals surface area (Å²) in [5.74, 6) is 0. The van der Waals surface area contributed by atoms with Crippen molar-refractivity contribution in [3.63, 3.8) is 0 Å².